The summed E-state index contributed by atoms with van der Waals surface area (Å²) in [6.45, 7) is 2.08. The van der Waals surface area contributed by atoms with Crippen LogP contribution >= 0.6 is 0 Å². The van der Waals surface area contributed by atoms with E-state index >= 15 is 0 Å². The number of ether oxygens (including phenoxy) is 1. The van der Waals surface area contributed by atoms with Crippen molar-refractivity contribution in [2.75, 3.05) is 19.0 Å². The Bertz CT molecular complexity index is 668. The number of aromatic nitrogens is 2. The number of rotatable bonds is 4. The van der Waals surface area contributed by atoms with Crippen molar-refractivity contribution in [3.63, 3.8) is 0 Å². The lowest BCUT2D eigenvalue weighted by molar-refractivity contribution is -0.118. The monoisotopic (exact) mass is 288 g/mol. The van der Waals surface area contributed by atoms with Crippen LogP contribution in [0.5, 0.6) is 5.75 Å². The number of benzene rings is 1. The normalized spacial score (nSPS) is 15.0. The van der Waals surface area contributed by atoms with Gasteiger partial charge in [0.05, 0.1) is 5.69 Å². The molecule has 3 rings (SSSR count). The molecular formula is C14H16N4O3. The molecule has 1 aliphatic rings. The van der Waals surface area contributed by atoms with E-state index in [1.54, 1.807) is 12.1 Å². The van der Waals surface area contributed by atoms with Gasteiger partial charge in [0.25, 0.3) is 11.8 Å². The Kier molecular flexibility index (Phi) is 3.57. The lowest BCUT2D eigenvalue weighted by atomic mass is 10.1. The summed E-state index contributed by atoms with van der Waals surface area (Å²) in [6, 6.07) is 5.65. The van der Waals surface area contributed by atoms with Crippen LogP contribution < -0.4 is 15.4 Å². The Balaban J connectivity index is 1.84. The van der Waals surface area contributed by atoms with Crippen molar-refractivity contribution in [2.45, 2.75) is 19.4 Å². The summed E-state index contributed by atoms with van der Waals surface area (Å²) in [5.74, 6) is 1.54. The predicted octanol–water partition coefficient (Wildman–Crippen LogP) is 1.22. The van der Waals surface area contributed by atoms with Gasteiger partial charge in [-0.3, -0.25) is 4.79 Å². The van der Waals surface area contributed by atoms with E-state index in [4.69, 9.17) is 9.26 Å². The second kappa shape index (κ2) is 5.53. The number of nitrogens with zero attached hydrogens (tertiary/aromatic N) is 2. The highest BCUT2D eigenvalue weighted by atomic mass is 16.5. The lowest BCUT2D eigenvalue weighted by Crippen LogP contribution is -2.25. The van der Waals surface area contributed by atoms with Crippen LogP contribution in [0.2, 0.25) is 0 Å². The van der Waals surface area contributed by atoms with Crippen molar-refractivity contribution >= 4 is 11.6 Å². The summed E-state index contributed by atoms with van der Waals surface area (Å²) in [5.41, 5.74) is 1.36. The van der Waals surface area contributed by atoms with E-state index in [0.29, 0.717) is 29.6 Å². The van der Waals surface area contributed by atoms with Crippen LogP contribution in [-0.2, 0) is 11.2 Å². The first kappa shape index (κ1) is 13.6. The summed E-state index contributed by atoms with van der Waals surface area (Å²) in [4.78, 5) is 15.7. The van der Waals surface area contributed by atoms with Crippen LogP contribution in [0.3, 0.4) is 0 Å². The molecule has 21 heavy (non-hydrogen) atoms. The van der Waals surface area contributed by atoms with E-state index in [9.17, 15) is 4.79 Å². The molecule has 0 bridgehead atoms. The number of anilines is 1. The highest BCUT2D eigenvalue weighted by molar-refractivity contribution is 5.96. The fourth-order valence-corrected chi connectivity index (χ4v) is 2.05. The molecule has 1 aromatic heterocycles. The van der Waals surface area contributed by atoms with Gasteiger partial charge >= 0.3 is 0 Å². The average molecular weight is 288 g/mol. The van der Waals surface area contributed by atoms with Crippen LogP contribution in [0.25, 0.3) is 11.5 Å². The predicted molar refractivity (Wildman–Crippen MR) is 76.1 cm³/mol. The van der Waals surface area contributed by atoms with Gasteiger partial charge in [-0.05, 0) is 32.2 Å². The smallest absolute Gasteiger partial charge is 0.262 e. The molecule has 1 unspecified atom stereocenters. The molecule has 0 aliphatic carbocycles. The van der Waals surface area contributed by atoms with Crippen molar-refractivity contribution < 1.29 is 14.1 Å². The molecule has 1 aromatic carbocycles. The van der Waals surface area contributed by atoms with Crippen LogP contribution in [0.4, 0.5) is 5.69 Å². The van der Waals surface area contributed by atoms with Crippen LogP contribution in [-0.4, -0.2) is 35.7 Å². The molecule has 0 saturated heterocycles. The van der Waals surface area contributed by atoms with Gasteiger partial charge in [-0.2, -0.15) is 4.98 Å². The highest BCUT2D eigenvalue weighted by Gasteiger charge is 2.18. The van der Waals surface area contributed by atoms with Crippen LogP contribution in [0, 0.1) is 0 Å². The van der Waals surface area contributed by atoms with E-state index in [-0.39, 0.29) is 18.6 Å². The number of hydrogen-bond acceptors (Lipinski definition) is 6. The van der Waals surface area contributed by atoms with Crippen LogP contribution in [0.1, 0.15) is 12.7 Å². The molecule has 2 N–H and O–H groups in total. The minimum Gasteiger partial charge on any atom is -0.482 e. The molecule has 2 heterocycles. The average Bonchev–Trinajstić information content (AvgIpc) is 2.94. The fourth-order valence-electron chi connectivity index (χ4n) is 2.05. The zero-order valence-electron chi connectivity index (χ0n) is 11.8. The molecule has 0 saturated carbocycles. The quantitative estimate of drug-likeness (QED) is 0.879. The third-order valence-corrected chi connectivity index (χ3v) is 3.31. The largest absolute Gasteiger partial charge is 0.482 e. The van der Waals surface area contributed by atoms with E-state index in [0.717, 1.165) is 5.56 Å². The van der Waals surface area contributed by atoms with Gasteiger partial charge in [0, 0.05) is 18.0 Å². The van der Waals surface area contributed by atoms with E-state index in [1.165, 1.54) is 0 Å². The maximum atomic E-state index is 11.3. The number of likely N-dealkylation sites (N-methyl/N-ethyl adjacent to an activating group) is 1. The van der Waals surface area contributed by atoms with Gasteiger partial charge in [0.1, 0.15) is 5.75 Å². The zero-order chi connectivity index (χ0) is 14.8. The molecule has 0 spiro atoms. The number of carbonyl (C=O) groups excluding carboxylic acids is 1. The summed E-state index contributed by atoms with van der Waals surface area (Å²) in [7, 11) is 1.89. The van der Waals surface area contributed by atoms with Gasteiger partial charge in [-0.25, -0.2) is 0 Å². The number of nitrogens with one attached hydrogen (secondary N) is 2. The molecular weight excluding hydrogens is 272 g/mol. The van der Waals surface area contributed by atoms with Gasteiger partial charge in [0.2, 0.25) is 0 Å². The Morgan fingerprint density at radius 3 is 3.14 bits per heavy atom. The van der Waals surface area contributed by atoms with Crippen LogP contribution in [0.15, 0.2) is 22.7 Å². The first-order valence-corrected chi connectivity index (χ1v) is 6.72. The molecule has 1 atom stereocenters. The standard InChI is InChI=1S/C14H16N4O3/c1-8(15-2)5-12-17-14(21-18-12)9-3-4-11-10(6-9)16-13(19)7-20-11/h3-4,6,8,15H,5,7H2,1-2H3,(H,16,19). The van der Waals surface area contributed by atoms with Gasteiger partial charge in [0.15, 0.2) is 12.4 Å². The molecule has 1 aliphatic heterocycles. The third-order valence-electron chi connectivity index (χ3n) is 3.31. The topological polar surface area (TPSA) is 89.3 Å². The maximum absolute atomic E-state index is 11.3. The van der Waals surface area contributed by atoms with Crippen molar-refractivity contribution in [3.05, 3.63) is 24.0 Å². The van der Waals surface area contributed by atoms with Crippen molar-refractivity contribution in [2.24, 2.45) is 0 Å². The Morgan fingerprint density at radius 1 is 1.48 bits per heavy atom. The van der Waals surface area contributed by atoms with Gasteiger partial charge in [-0.1, -0.05) is 5.16 Å². The summed E-state index contributed by atoms with van der Waals surface area (Å²) < 4.78 is 10.6. The zero-order valence-corrected chi connectivity index (χ0v) is 11.8. The number of amides is 1. The SMILES string of the molecule is CNC(C)Cc1noc(-c2ccc3c(c2)NC(=O)CO3)n1. The second-order valence-corrected chi connectivity index (χ2v) is 4.96. The molecule has 0 radical (unpaired) electrons. The molecule has 0 fully saturated rings. The summed E-state index contributed by atoms with van der Waals surface area (Å²) in [6.07, 6.45) is 0.685. The number of hydrogen-bond donors (Lipinski definition) is 2. The van der Waals surface area contributed by atoms with E-state index < -0.39 is 0 Å². The molecule has 110 valence electrons. The number of fused-ring (bicyclic) bond motifs is 1. The van der Waals surface area contributed by atoms with Gasteiger partial charge < -0.3 is 19.9 Å². The van der Waals surface area contributed by atoms with Crippen molar-refractivity contribution in [1.29, 1.82) is 0 Å². The minimum absolute atomic E-state index is 0.0406. The first-order chi connectivity index (χ1) is 10.2. The second-order valence-electron chi connectivity index (χ2n) is 4.96. The fraction of sp³-hybridized carbons (Fsp3) is 0.357. The van der Waals surface area contributed by atoms with E-state index in [2.05, 4.69) is 20.8 Å². The van der Waals surface area contributed by atoms with Gasteiger partial charge in [-0.15, -0.1) is 0 Å². The Hall–Kier alpha value is -2.41. The minimum atomic E-state index is -0.172. The van der Waals surface area contributed by atoms with E-state index in [1.807, 2.05) is 20.0 Å². The molecule has 1 amide bonds. The molecule has 7 heteroatoms. The Morgan fingerprint density at radius 2 is 2.33 bits per heavy atom. The molecule has 7 nitrogen and oxygen atoms in total. The first-order valence-electron chi connectivity index (χ1n) is 6.72. The number of carbonyl (C=O) groups is 1. The Labute approximate surface area is 121 Å². The summed E-state index contributed by atoms with van der Waals surface area (Å²) >= 11 is 0. The van der Waals surface area contributed by atoms with Crippen molar-refractivity contribution in [1.82, 2.24) is 15.5 Å². The summed E-state index contributed by atoms with van der Waals surface area (Å²) in [5, 5.41) is 9.84. The lowest BCUT2D eigenvalue weighted by Gasteiger charge is -2.17. The maximum Gasteiger partial charge on any atom is 0.262 e. The van der Waals surface area contributed by atoms with Crippen molar-refractivity contribution in [3.8, 4) is 17.2 Å². The highest BCUT2D eigenvalue weighted by Crippen LogP contribution is 2.32. The molecule has 2 aromatic rings. The third kappa shape index (κ3) is 2.87.